The zero-order valence-electron chi connectivity index (χ0n) is 17.4. The lowest BCUT2D eigenvalue weighted by atomic mass is 9.99. The third kappa shape index (κ3) is 4.80. The lowest BCUT2D eigenvalue weighted by Gasteiger charge is -2.32. The highest BCUT2D eigenvalue weighted by molar-refractivity contribution is 5.92. The minimum absolute atomic E-state index is 0.0618. The quantitative estimate of drug-likeness (QED) is 0.811. The van der Waals surface area contributed by atoms with Gasteiger partial charge in [-0.3, -0.25) is 4.79 Å². The number of carbonyl (C=O) groups is 1. The Hall–Kier alpha value is -2.63. The van der Waals surface area contributed by atoms with E-state index in [4.69, 9.17) is 0 Å². The lowest BCUT2D eigenvalue weighted by molar-refractivity contribution is 0.0767. The molecule has 2 aromatic rings. The maximum Gasteiger partial charge on any atom is 0.272 e. The van der Waals surface area contributed by atoms with Crippen LogP contribution in [-0.2, 0) is 0 Å². The van der Waals surface area contributed by atoms with Gasteiger partial charge in [-0.2, -0.15) is 0 Å². The molecule has 2 heterocycles. The molecule has 1 fully saturated rings. The van der Waals surface area contributed by atoms with Crippen LogP contribution in [0.25, 0.3) is 0 Å². The summed E-state index contributed by atoms with van der Waals surface area (Å²) in [5.41, 5.74) is 3.37. The summed E-state index contributed by atoms with van der Waals surface area (Å²) in [5, 5.41) is 3.24. The van der Waals surface area contributed by atoms with E-state index in [1.807, 2.05) is 32.9 Å². The predicted octanol–water partition coefficient (Wildman–Crippen LogP) is 4.25. The Balaban J connectivity index is 1.72. The van der Waals surface area contributed by atoms with Crippen molar-refractivity contribution in [2.45, 2.75) is 40.5 Å². The van der Waals surface area contributed by atoms with Gasteiger partial charge in [0, 0.05) is 43.2 Å². The first-order valence-electron chi connectivity index (χ1n) is 10.3. The smallest absolute Gasteiger partial charge is 0.272 e. The number of piperidine rings is 1. The summed E-state index contributed by atoms with van der Waals surface area (Å²) in [7, 11) is 0. The van der Waals surface area contributed by atoms with E-state index < -0.39 is 0 Å². The maximum absolute atomic E-state index is 12.6. The number of carbonyl (C=O) groups excluding carboxylic acids is 1. The van der Waals surface area contributed by atoms with Gasteiger partial charge in [-0.1, -0.05) is 6.92 Å². The van der Waals surface area contributed by atoms with Gasteiger partial charge in [0.2, 0.25) is 5.95 Å². The van der Waals surface area contributed by atoms with Gasteiger partial charge >= 0.3 is 0 Å². The molecular weight excluding hydrogens is 350 g/mol. The molecule has 150 valence electrons. The summed E-state index contributed by atoms with van der Waals surface area (Å²) in [6.07, 6.45) is 2.50. The Labute approximate surface area is 168 Å². The van der Waals surface area contributed by atoms with Crippen LogP contribution in [0, 0.1) is 12.8 Å². The van der Waals surface area contributed by atoms with Crippen molar-refractivity contribution >= 4 is 23.2 Å². The number of amides is 1. The van der Waals surface area contributed by atoms with E-state index in [-0.39, 0.29) is 5.91 Å². The number of benzene rings is 1. The fraction of sp³-hybridized carbons (Fsp3) is 0.500. The van der Waals surface area contributed by atoms with Gasteiger partial charge in [-0.15, -0.1) is 0 Å². The first kappa shape index (κ1) is 20.1. The Morgan fingerprint density at radius 3 is 2.39 bits per heavy atom. The standard InChI is InChI=1S/C22H31N5O/c1-5-26(6-2)21(28)20-15-17(4)23-22(25-20)24-18-7-9-19(10-8-18)27-13-11-16(3)12-14-27/h7-10,15-16H,5-6,11-14H2,1-4H3,(H,23,24,25). The number of aromatic nitrogens is 2. The molecule has 0 aliphatic carbocycles. The van der Waals surface area contributed by atoms with E-state index in [0.29, 0.717) is 24.7 Å². The molecule has 0 unspecified atom stereocenters. The molecule has 1 N–H and O–H groups in total. The molecule has 0 radical (unpaired) electrons. The summed E-state index contributed by atoms with van der Waals surface area (Å²) in [6, 6.07) is 10.1. The zero-order chi connectivity index (χ0) is 20.1. The molecule has 0 bridgehead atoms. The molecule has 6 nitrogen and oxygen atoms in total. The van der Waals surface area contributed by atoms with Crippen molar-refractivity contribution in [2.75, 3.05) is 36.4 Å². The first-order chi connectivity index (χ1) is 13.5. The summed E-state index contributed by atoms with van der Waals surface area (Å²) >= 11 is 0. The first-order valence-corrected chi connectivity index (χ1v) is 10.3. The summed E-state index contributed by atoms with van der Waals surface area (Å²) < 4.78 is 0. The monoisotopic (exact) mass is 381 g/mol. The lowest BCUT2D eigenvalue weighted by Crippen LogP contribution is -2.32. The van der Waals surface area contributed by atoms with Gasteiger partial charge in [0.15, 0.2) is 0 Å². The number of anilines is 3. The summed E-state index contributed by atoms with van der Waals surface area (Å²) in [5.74, 6) is 1.21. The topological polar surface area (TPSA) is 61.4 Å². The molecule has 1 aromatic heterocycles. The normalized spacial score (nSPS) is 14.8. The molecule has 3 rings (SSSR count). The largest absolute Gasteiger partial charge is 0.372 e. The summed E-state index contributed by atoms with van der Waals surface area (Å²) in [6.45, 7) is 11.7. The zero-order valence-corrected chi connectivity index (χ0v) is 17.4. The molecule has 1 amide bonds. The van der Waals surface area contributed by atoms with Crippen LogP contribution in [0.2, 0.25) is 0 Å². The molecule has 1 aromatic carbocycles. The molecule has 0 saturated carbocycles. The average molecular weight is 382 g/mol. The minimum atomic E-state index is -0.0618. The van der Waals surface area contributed by atoms with Crippen LogP contribution in [0.1, 0.15) is 49.8 Å². The Morgan fingerprint density at radius 2 is 1.79 bits per heavy atom. The van der Waals surface area contributed by atoms with Gasteiger partial charge in [-0.05, 0) is 69.9 Å². The maximum atomic E-state index is 12.6. The Morgan fingerprint density at radius 1 is 1.14 bits per heavy atom. The fourth-order valence-electron chi connectivity index (χ4n) is 3.56. The molecular formula is C22H31N5O. The minimum Gasteiger partial charge on any atom is -0.372 e. The van der Waals surface area contributed by atoms with E-state index in [1.54, 1.807) is 11.0 Å². The van der Waals surface area contributed by atoms with E-state index in [9.17, 15) is 4.79 Å². The molecule has 0 spiro atoms. The van der Waals surface area contributed by atoms with Crippen molar-refractivity contribution in [1.82, 2.24) is 14.9 Å². The second-order valence-electron chi connectivity index (χ2n) is 7.54. The van der Waals surface area contributed by atoms with Gasteiger partial charge in [0.25, 0.3) is 5.91 Å². The van der Waals surface area contributed by atoms with Crippen LogP contribution >= 0.6 is 0 Å². The summed E-state index contributed by atoms with van der Waals surface area (Å²) in [4.78, 5) is 25.7. The highest BCUT2D eigenvalue weighted by Gasteiger charge is 2.17. The molecule has 1 aliphatic rings. The highest BCUT2D eigenvalue weighted by atomic mass is 16.2. The van der Waals surface area contributed by atoms with Gasteiger partial charge in [0.1, 0.15) is 5.69 Å². The van der Waals surface area contributed by atoms with Crippen LogP contribution in [0.5, 0.6) is 0 Å². The van der Waals surface area contributed by atoms with Crippen molar-refractivity contribution in [3.05, 3.63) is 41.7 Å². The second-order valence-corrected chi connectivity index (χ2v) is 7.54. The van der Waals surface area contributed by atoms with E-state index in [0.717, 1.165) is 30.4 Å². The second kappa shape index (κ2) is 9.04. The van der Waals surface area contributed by atoms with Gasteiger partial charge in [-0.25, -0.2) is 9.97 Å². The van der Waals surface area contributed by atoms with Crippen LogP contribution in [0.3, 0.4) is 0 Å². The van der Waals surface area contributed by atoms with Crippen LogP contribution in [0.15, 0.2) is 30.3 Å². The van der Waals surface area contributed by atoms with Crippen molar-refractivity contribution in [1.29, 1.82) is 0 Å². The van der Waals surface area contributed by atoms with Crippen molar-refractivity contribution in [3.8, 4) is 0 Å². The van der Waals surface area contributed by atoms with Crippen LogP contribution < -0.4 is 10.2 Å². The Kier molecular flexibility index (Phi) is 6.49. The highest BCUT2D eigenvalue weighted by Crippen LogP contribution is 2.25. The number of rotatable bonds is 6. The van der Waals surface area contributed by atoms with E-state index >= 15 is 0 Å². The third-order valence-electron chi connectivity index (χ3n) is 5.40. The number of nitrogens with one attached hydrogen (secondary N) is 1. The van der Waals surface area contributed by atoms with Gasteiger partial charge < -0.3 is 15.1 Å². The van der Waals surface area contributed by atoms with Crippen molar-refractivity contribution in [3.63, 3.8) is 0 Å². The van der Waals surface area contributed by atoms with Gasteiger partial charge in [0.05, 0.1) is 0 Å². The van der Waals surface area contributed by atoms with E-state index in [1.165, 1.54) is 18.5 Å². The molecule has 1 saturated heterocycles. The number of aryl methyl sites for hydroxylation is 1. The molecule has 1 aliphatic heterocycles. The Bertz CT molecular complexity index is 793. The number of nitrogens with zero attached hydrogens (tertiary/aromatic N) is 4. The predicted molar refractivity (Wildman–Crippen MR) is 114 cm³/mol. The molecule has 6 heteroatoms. The van der Waals surface area contributed by atoms with Crippen molar-refractivity contribution in [2.24, 2.45) is 5.92 Å². The van der Waals surface area contributed by atoms with Crippen LogP contribution in [-0.4, -0.2) is 47.0 Å². The number of hydrogen-bond acceptors (Lipinski definition) is 5. The molecule has 28 heavy (non-hydrogen) atoms. The van der Waals surface area contributed by atoms with Crippen molar-refractivity contribution < 1.29 is 4.79 Å². The third-order valence-corrected chi connectivity index (χ3v) is 5.40. The fourth-order valence-corrected chi connectivity index (χ4v) is 3.56. The van der Waals surface area contributed by atoms with E-state index in [2.05, 4.69) is 39.2 Å². The molecule has 0 atom stereocenters. The van der Waals surface area contributed by atoms with Crippen LogP contribution in [0.4, 0.5) is 17.3 Å². The SMILES string of the molecule is CCN(CC)C(=O)c1cc(C)nc(Nc2ccc(N3CCC(C)CC3)cc2)n1. The average Bonchev–Trinajstić information content (AvgIpc) is 2.69. The number of hydrogen-bond donors (Lipinski definition) is 1.